The number of amides is 1. The van der Waals surface area contributed by atoms with Crippen LogP contribution in [0.4, 0.5) is 0 Å². The predicted octanol–water partition coefficient (Wildman–Crippen LogP) is 0.983. The Labute approximate surface area is 105 Å². The van der Waals surface area contributed by atoms with Gasteiger partial charge in [0.1, 0.15) is 0 Å². The molecule has 0 aliphatic rings. The third-order valence-electron chi connectivity index (χ3n) is 2.49. The van der Waals surface area contributed by atoms with Gasteiger partial charge in [-0.2, -0.15) is 5.10 Å². The van der Waals surface area contributed by atoms with Crippen LogP contribution >= 0.6 is 0 Å². The summed E-state index contributed by atoms with van der Waals surface area (Å²) < 4.78 is 1.64. The molecule has 18 heavy (non-hydrogen) atoms. The smallest absolute Gasteiger partial charge is 0.272 e. The van der Waals surface area contributed by atoms with Gasteiger partial charge >= 0.3 is 0 Å². The van der Waals surface area contributed by atoms with Gasteiger partial charge in [0.2, 0.25) is 0 Å². The molecule has 2 N–H and O–H groups in total. The van der Waals surface area contributed by atoms with Crippen molar-refractivity contribution in [3.63, 3.8) is 0 Å². The number of aromatic nitrogens is 2. The first-order valence-electron chi connectivity index (χ1n) is 5.73. The molecule has 2 rings (SSSR count). The van der Waals surface area contributed by atoms with E-state index >= 15 is 0 Å². The molecule has 1 heterocycles. The van der Waals surface area contributed by atoms with Crippen LogP contribution < -0.4 is 5.32 Å². The maximum absolute atomic E-state index is 11.8. The Hall–Kier alpha value is -2.14. The average Bonchev–Trinajstić information content (AvgIpc) is 2.89. The molecule has 1 amide bonds. The quantitative estimate of drug-likeness (QED) is 0.844. The van der Waals surface area contributed by atoms with Crippen LogP contribution in [0.1, 0.15) is 17.4 Å². The van der Waals surface area contributed by atoms with Crippen molar-refractivity contribution in [1.82, 2.24) is 15.1 Å². The van der Waals surface area contributed by atoms with Crippen LogP contribution in [0, 0.1) is 0 Å². The Morgan fingerprint density at radius 1 is 1.39 bits per heavy atom. The van der Waals surface area contributed by atoms with Gasteiger partial charge < -0.3 is 10.4 Å². The molecule has 0 aliphatic heterocycles. The highest BCUT2D eigenvalue weighted by Gasteiger charge is 2.12. The highest BCUT2D eigenvalue weighted by atomic mass is 16.3. The van der Waals surface area contributed by atoms with Crippen molar-refractivity contribution in [3.8, 4) is 5.69 Å². The molecule has 1 atom stereocenters. The van der Waals surface area contributed by atoms with Crippen LogP contribution in [0.25, 0.3) is 5.69 Å². The Bertz CT molecular complexity index is 522. The predicted molar refractivity (Wildman–Crippen MR) is 67.6 cm³/mol. The fourth-order valence-corrected chi connectivity index (χ4v) is 1.51. The number of hydrogen-bond donors (Lipinski definition) is 2. The molecule has 0 spiro atoms. The van der Waals surface area contributed by atoms with Gasteiger partial charge in [-0.15, -0.1) is 0 Å². The number of nitrogens with zero attached hydrogens (tertiary/aromatic N) is 2. The fraction of sp³-hybridized carbons (Fsp3) is 0.231. The molecule has 0 aliphatic carbocycles. The molecule has 5 nitrogen and oxygen atoms in total. The van der Waals surface area contributed by atoms with E-state index in [4.69, 9.17) is 5.11 Å². The maximum atomic E-state index is 11.8. The summed E-state index contributed by atoms with van der Waals surface area (Å²) in [5.41, 5.74) is 1.23. The SMILES string of the molecule is CC(CO)NC(=O)c1ccn(-c2ccccc2)n1. The zero-order valence-electron chi connectivity index (χ0n) is 10.1. The third-order valence-corrected chi connectivity index (χ3v) is 2.49. The van der Waals surface area contributed by atoms with Crippen LogP contribution in [-0.4, -0.2) is 33.4 Å². The van der Waals surface area contributed by atoms with Crippen LogP contribution in [0.15, 0.2) is 42.6 Å². The Kier molecular flexibility index (Phi) is 3.74. The normalized spacial score (nSPS) is 12.1. The molecule has 0 fully saturated rings. The number of benzene rings is 1. The van der Waals surface area contributed by atoms with Gasteiger partial charge in [-0.25, -0.2) is 4.68 Å². The van der Waals surface area contributed by atoms with Crippen LogP contribution in [0.3, 0.4) is 0 Å². The number of para-hydroxylation sites is 1. The second-order valence-electron chi connectivity index (χ2n) is 4.04. The zero-order chi connectivity index (χ0) is 13.0. The van der Waals surface area contributed by atoms with E-state index in [9.17, 15) is 4.79 Å². The van der Waals surface area contributed by atoms with E-state index in [1.165, 1.54) is 0 Å². The molecule has 0 saturated heterocycles. The first-order valence-corrected chi connectivity index (χ1v) is 5.73. The number of carbonyl (C=O) groups excluding carboxylic acids is 1. The van der Waals surface area contributed by atoms with Crippen molar-refractivity contribution in [2.75, 3.05) is 6.61 Å². The standard InChI is InChI=1S/C13H15N3O2/c1-10(9-17)14-13(18)12-7-8-16(15-12)11-5-3-2-4-6-11/h2-8,10,17H,9H2,1H3,(H,14,18). The summed E-state index contributed by atoms with van der Waals surface area (Å²) in [4.78, 5) is 11.8. The van der Waals surface area contributed by atoms with Gasteiger partial charge in [0.25, 0.3) is 5.91 Å². The zero-order valence-corrected chi connectivity index (χ0v) is 10.1. The molecule has 94 valence electrons. The summed E-state index contributed by atoms with van der Waals surface area (Å²) in [6.45, 7) is 1.64. The van der Waals surface area contributed by atoms with Gasteiger partial charge in [0, 0.05) is 12.2 Å². The number of nitrogens with one attached hydrogen (secondary N) is 1. The summed E-state index contributed by atoms with van der Waals surface area (Å²) in [7, 11) is 0. The maximum Gasteiger partial charge on any atom is 0.272 e. The van der Waals surface area contributed by atoms with Crippen molar-refractivity contribution in [3.05, 3.63) is 48.3 Å². The molecular formula is C13H15N3O2. The van der Waals surface area contributed by atoms with E-state index in [-0.39, 0.29) is 18.6 Å². The van der Waals surface area contributed by atoms with Crippen molar-refractivity contribution < 1.29 is 9.90 Å². The number of hydrogen-bond acceptors (Lipinski definition) is 3. The number of rotatable bonds is 4. The minimum absolute atomic E-state index is 0.0921. The highest BCUT2D eigenvalue weighted by molar-refractivity contribution is 5.92. The lowest BCUT2D eigenvalue weighted by atomic mass is 10.3. The van der Waals surface area contributed by atoms with Crippen molar-refractivity contribution in [2.24, 2.45) is 0 Å². The second-order valence-corrected chi connectivity index (χ2v) is 4.04. The fourth-order valence-electron chi connectivity index (χ4n) is 1.51. The Morgan fingerprint density at radius 3 is 2.78 bits per heavy atom. The lowest BCUT2D eigenvalue weighted by molar-refractivity contribution is 0.0917. The Morgan fingerprint density at radius 2 is 2.11 bits per heavy atom. The largest absolute Gasteiger partial charge is 0.394 e. The molecule has 5 heteroatoms. The van der Waals surface area contributed by atoms with E-state index < -0.39 is 0 Å². The topological polar surface area (TPSA) is 67.2 Å². The van der Waals surface area contributed by atoms with Crippen LogP contribution in [0.2, 0.25) is 0 Å². The summed E-state index contributed by atoms with van der Waals surface area (Å²) in [6, 6.07) is 10.9. The van der Waals surface area contributed by atoms with E-state index in [1.807, 2.05) is 30.3 Å². The molecular weight excluding hydrogens is 230 g/mol. The second kappa shape index (κ2) is 5.46. The number of carbonyl (C=O) groups is 1. The molecule has 1 aromatic heterocycles. The minimum Gasteiger partial charge on any atom is -0.394 e. The molecule has 0 saturated carbocycles. The van der Waals surface area contributed by atoms with E-state index in [0.717, 1.165) is 5.69 Å². The average molecular weight is 245 g/mol. The van der Waals surface area contributed by atoms with Crippen molar-refractivity contribution in [1.29, 1.82) is 0 Å². The van der Waals surface area contributed by atoms with Gasteiger partial charge in [-0.3, -0.25) is 4.79 Å². The third kappa shape index (κ3) is 2.75. The first kappa shape index (κ1) is 12.3. The lowest BCUT2D eigenvalue weighted by Crippen LogP contribution is -2.35. The van der Waals surface area contributed by atoms with Gasteiger partial charge in [0.15, 0.2) is 5.69 Å². The van der Waals surface area contributed by atoms with Gasteiger partial charge in [-0.05, 0) is 25.1 Å². The molecule has 1 unspecified atom stereocenters. The minimum atomic E-state index is -0.286. The van der Waals surface area contributed by atoms with E-state index in [0.29, 0.717) is 5.69 Å². The number of aliphatic hydroxyl groups is 1. The number of aliphatic hydroxyl groups excluding tert-OH is 1. The molecule has 0 bridgehead atoms. The van der Waals surface area contributed by atoms with E-state index in [2.05, 4.69) is 10.4 Å². The Balaban J connectivity index is 2.13. The summed E-state index contributed by atoms with van der Waals surface area (Å²) in [6.07, 6.45) is 1.73. The first-order chi connectivity index (χ1) is 8.70. The summed E-state index contributed by atoms with van der Waals surface area (Å²) in [5.74, 6) is -0.286. The molecule has 1 aromatic carbocycles. The van der Waals surface area contributed by atoms with Crippen LogP contribution in [0.5, 0.6) is 0 Å². The molecule has 0 radical (unpaired) electrons. The van der Waals surface area contributed by atoms with Gasteiger partial charge in [0.05, 0.1) is 12.3 Å². The van der Waals surface area contributed by atoms with Crippen LogP contribution in [-0.2, 0) is 0 Å². The molecule has 2 aromatic rings. The van der Waals surface area contributed by atoms with Crippen molar-refractivity contribution in [2.45, 2.75) is 13.0 Å². The lowest BCUT2D eigenvalue weighted by Gasteiger charge is -2.08. The summed E-state index contributed by atoms with van der Waals surface area (Å²) >= 11 is 0. The summed E-state index contributed by atoms with van der Waals surface area (Å²) in [5, 5.41) is 15.7. The van der Waals surface area contributed by atoms with E-state index in [1.54, 1.807) is 23.9 Å². The monoisotopic (exact) mass is 245 g/mol. The van der Waals surface area contributed by atoms with Gasteiger partial charge in [-0.1, -0.05) is 18.2 Å². The highest BCUT2D eigenvalue weighted by Crippen LogP contribution is 2.06. The van der Waals surface area contributed by atoms with Crippen molar-refractivity contribution >= 4 is 5.91 Å².